The van der Waals surface area contributed by atoms with E-state index in [4.69, 9.17) is 4.43 Å². The Labute approximate surface area is 191 Å². The van der Waals surface area contributed by atoms with Gasteiger partial charge < -0.3 is 19.1 Å². The lowest BCUT2D eigenvalue weighted by molar-refractivity contribution is 0.138. The third-order valence-corrected chi connectivity index (χ3v) is 12.8. The van der Waals surface area contributed by atoms with Crippen LogP contribution in [0, 0.1) is 5.41 Å². The van der Waals surface area contributed by atoms with Crippen molar-refractivity contribution in [2.24, 2.45) is 5.41 Å². The average Bonchev–Trinajstić information content (AvgIpc) is 2.79. The first-order chi connectivity index (χ1) is 14.4. The molecule has 0 aliphatic heterocycles. The fourth-order valence-electron chi connectivity index (χ4n) is 4.99. The molecular weight excluding hydrogens is 386 g/mol. The van der Waals surface area contributed by atoms with E-state index in [-0.39, 0.29) is 0 Å². The maximum atomic E-state index is 6.37. The molecule has 0 aromatic rings. The molecule has 0 aromatic heterocycles. The minimum Gasteiger partial charge on any atom is -0.420 e. The fraction of sp³-hybridized carbons (Fsp3) is 1.00. The molecule has 0 atom stereocenters. The van der Waals surface area contributed by atoms with E-state index in [1.807, 2.05) is 7.11 Å². The summed E-state index contributed by atoms with van der Waals surface area (Å²) in [5.41, 5.74) is 0.391. The van der Waals surface area contributed by atoms with E-state index in [0.29, 0.717) is 5.41 Å². The van der Waals surface area contributed by atoms with E-state index in [0.717, 1.165) is 39.3 Å². The predicted octanol–water partition coefficient (Wildman–Crippen LogP) is 5.80. The monoisotopic (exact) mass is 443 g/mol. The predicted molar refractivity (Wildman–Crippen MR) is 138 cm³/mol. The van der Waals surface area contributed by atoms with Crippen LogP contribution in [0.4, 0.5) is 0 Å². The van der Waals surface area contributed by atoms with Gasteiger partial charge in [0.15, 0.2) is 8.32 Å². The van der Waals surface area contributed by atoms with Crippen molar-refractivity contribution in [2.45, 2.75) is 92.8 Å². The minimum absolute atomic E-state index is 0.391. The van der Waals surface area contributed by atoms with Crippen molar-refractivity contribution < 1.29 is 4.43 Å². The van der Waals surface area contributed by atoms with Gasteiger partial charge in [-0.25, -0.2) is 0 Å². The van der Waals surface area contributed by atoms with Crippen molar-refractivity contribution >= 4 is 8.32 Å². The van der Waals surface area contributed by atoms with Crippen LogP contribution >= 0.6 is 0 Å². The summed E-state index contributed by atoms with van der Waals surface area (Å²) in [6.07, 6.45) is 3.94. The Kier molecular flexibility index (Phi) is 16.7. The lowest BCUT2D eigenvalue weighted by atomic mass is 9.79. The first-order valence-electron chi connectivity index (χ1n) is 13.1. The van der Waals surface area contributed by atoms with Crippen molar-refractivity contribution in [3.63, 3.8) is 0 Å². The van der Waals surface area contributed by atoms with Crippen LogP contribution in [0.1, 0.15) is 74.7 Å². The second-order valence-electron chi connectivity index (χ2n) is 9.10. The van der Waals surface area contributed by atoms with E-state index in [1.165, 1.54) is 57.0 Å². The normalized spacial score (nSPS) is 13.2. The topological polar surface area (TPSA) is 19.0 Å². The van der Waals surface area contributed by atoms with Gasteiger partial charge in [0.1, 0.15) is 0 Å². The minimum atomic E-state index is -1.69. The highest BCUT2D eigenvalue weighted by molar-refractivity contribution is 6.73. The lowest BCUT2D eigenvalue weighted by Crippen LogP contribution is -2.45. The largest absolute Gasteiger partial charge is 0.420 e. The molecule has 30 heavy (non-hydrogen) atoms. The van der Waals surface area contributed by atoms with Gasteiger partial charge in [0, 0.05) is 7.11 Å². The number of rotatable bonds is 20. The quantitative estimate of drug-likeness (QED) is 0.221. The second kappa shape index (κ2) is 16.7. The summed E-state index contributed by atoms with van der Waals surface area (Å²) in [5.74, 6) is 0. The summed E-state index contributed by atoms with van der Waals surface area (Å²) >= 11 is 0. The molecular formula is C25H57N3OSi. The smallest absolute Gasteiger partial charge is 0.192 e. The van der Waals surface area contributed by atoms with Gasteiger partial charge in [0.2, 0.25) is 0 Å². The van der Waals surface area contributed by atoms with Gasteiger partial charge in [0.25, 0.3) is 0 Å². The number of hydrogen-bond acceptors (Lipinski definition) is 4. The molecule has 0 unspecified atom stereocenters. The van der Waals surface area contributed by atoms with Crippen molar-refractivity contribution in [1.29, 1.82) is 0 Å². The molecule has 0 radical (unpaired) electrons. The van der Waals surface area contributed by atoms with E-state index >= 15 is 0 Å². The van der Waals surface area contributed by atoms with Crippen LogP contribution in [0.25, 0.3) is 0 Å². The Hall–Kier alpha value is 0.0569. The highest BCUT2D eigenvalue weighted by Gasteiger charge is 2.41. The first kappa shape index (κ1) is 30.1. The zero-order valence-electron chi connectivity index (χ0n) is 22.4. The zero-order chi connectivity index (χ0) is 23.0. The highest BCUT2D eigenvalue weighted by Crippen LogP contribution is 2.43. The van der Waals surface area contributed by atoms with Crippen LogP contribution in [-0.4, -0.2) is 89.0 Å². The number of hydrogen-bond donors (Lipinski definition) is 0. The van der Waals surface area contributed by atoms with Crippen LogP contribution in [-0.2, 0) is 4.43 Å². The summed E-state index contributed by atoms with van der Waals surface area (Å²) in [6, 6.07) is 3.81. The van der Waals surface area contributed by atoms with Crippen LogP contribution < -0.4 is 0 Å². The summed E-state index contributed by atoms with van der Waals surface area (Å²) in [6.45, 7) is 29.2. The summed E-state index contributed by atoms with van der Waals surface area (Å²) in [4.78, 5) is 7.87. The Morgan fingerprint density at radius 1 is 0.567 bits per heavy atom. The molecule has 0 rings (SSSR count). The summed E-state index contributed by atoms with van der Waals surface area (Å²) in [5, 5.41) is 0. The van der Waals surface area contributed by atoms with Crippen molar-refractivity contribution in [1.82, 2.24) is 14.7 Å². The molecule has 0 amide bonds. The fourth-order valence-corrected chi connectivity index (χ4v) is 8.61. The highest BCUT2D eigenvalue weighted by atomic mass is 28.4. The van der Waals surface area contributed by atoms with Crippen LogP contribution in [0.2, 0.25) is 18.1 Å². The Bertz CT molecular complexity index is 343. The van der Waals surface area contributed by atoms with Crippen molar-refractivity contribution in [2.75, 3.05) is 66.0 Å². The van der Waals surface area contributed by atoms with Gasteiger partial charge in [-0.1, -0.05) is 55.4 Å². The van der Waals surface area contributed by atoms with Gasteiger partial charge in [-0.15, -0.1) is 0 Å². The molecule has 0 N–H and O–H groups in total. The Morgan fingerprint density at radius 3 is 1.07 bits per heavy atom. The van der Waals surface area contributed by atoms with E-state index in [1.54, 1.807) is 0 Å². The van der Waals surface area contributed by atoms with Gasteiger partial charge in [-0.3, -0.25) is 0 Å². The molecule has 0 heterocycles. The molecule has 0 saturated heterocycles. The number of nitrogens with zero attached hydrogens (tertiary/aromatic N) is 3. The van der Waals surface area contributed by atoms with Crippen LogP contribution in [0.3, 0.4) is 0 Å². The summed E-state index contributed by atoms with van der Waals surface area (Å²) < 4.78 is 6.37. The van der Waals surface area contributed by atoms with E-state index in [2.05, 4.69) is 70.1 Å². The van der Waals surface area contributed by atoms with Gasteiger partial charge in [0.05, 0.1) is 0 Å². The SMILES string of the molecule is CCN(CC)CCC(CCN(CC)CC)(CCN(CC)CC)C[Si](CC)(CC)OC. The molecule has 0 spiro atoms. The molecule has 0 fully saturated rings. The third kappa shape index (κ3) is 10.1. The molecule has 5 heteroatoms. The second-order valence-corrected chi connectivity index (χ2v) is 13.6. The van der Waals surface area contributed by atoms with Crippen LogP contribution in [0.5, 0.6) is 0 Å². The maximum absolute atomic E-state index is 6.37. The molecule has 0 bridgehead atoms. The molecule has 0 aromatic carbocycles. The molecule has 4 nitrogen and oxygen atoms in total. The lowest BCUT2D eigenvalue weighted by Gasteiger charge is -2.44. The zero-order valence-corrected chi connectivity index (χ0v) is 23.4. The third-order valence-electron chi connectivity index (χ3n) is 7.98. The maximum Gasteiger partial charge on any atom is 0.192 e. The van der Waals surface area contributed by atoms with E-state index < -0.39 is 8.32 Å². The van der Waals surface area contributed by atoms with Gasteiger partial charge in [-0.05, 0) is 102 Å². The van der Waals surface area contributed by atoms with Crippen LogP contribution in [0.15, 0.2) is 0 Å². The molecule has 0 aliphatic rings. The average molecular weight is 444 g/mol. The van der Waals surface area contributed by atoms with Gasteiger partial charge in [-0.2, -0.15) is 0 Å². The molecule has 0 aliphatic carbocycles. The Morgan fingerprint density at radius 2 is 0.867 bits per heavy atom. The first-order valence-corrected chi connectivity index (χ1v) is 15.6. The van der Waals surface area contributed by atoms with Crippen molar-refractivity contribution in [3.05, 3.63) is 0 Å². The van der Waals surface area contributed by atoms with E-state index in [9.17, 15) is 0 Å². The molecule has 0 saturated carbocycles. The molecule has 182 valence electrons. The Balaban J connectivity index is 5.86. The van der Waals surface area contributed by atoms with Gasteiger partial charge >= 0.3 is 0 Å². The van der Waals surface area contributed by atoms with Crippen molar-refractivity contribution in [3.8, 4) is 0 Å². The standard InChI is InChI=1S/C25H57N3OSi/c1-10-26(11-2)21-18-25(19-22-27(12-3)13-4,20-23-28(14-5)15-6)24-30(16-7,17-8)29-9/h10-24H2,1-9H3. The summed E-state index contributed by atoms with van der Waals surface area (Å²) in [7, 11) is 0.318.